The van der Waals surface area contributed by atoms with Crippen LogP contribution in [0.15, 0.2) is 23.3 Å². The molecule has 3 saturated heterocycles. The SMILES string of the molecule is C/C=C(/C)C(=O)O[C@H]1[C@H](O)[C@@]2(COC(=O)C(C)CC)C(CC1(C)C)C1=CCC3[C@@]4(C)CC[C@H](O[C@@H]5O[C@H](C(=O)O)[C@@H](O)[C@H](O[C@@H]6O[C@@H](CO)[C@H](O)[C@H]6O)[C@H]5O[C@@H]5O[C@H](CO)[C@H](O)[C@H](O)[C@H]5O)C(C)(C)C4CC[C@@]3(C)[C@]1(C)[C@@H](O)[C@H]2O. The van der Waals surface area contributed by atoms with Crippen LogP contribution in [-0.4, -0.2) is 216 Å². The van der Waals surface area contributed by atoms with Crippen molar-refractivity contribution in [1.29, 1.82) is 0 Å². The van der Waals surface area contributed by atoms with Crippen molar-refractivity contribution in [3.05, 3.63) is 23.3 Å². The third-order valence-electron chi connectivity index (χ3n) is 21.6. The monoisotopic (exact) mass is 1140 g/mol. The van der Waals surface area contributed by atoms with Gasteiger partial charge < -0.3 is 99.2 Å². The molecule has 0 amide bonds. The van der Waals surface area contributed by atoms with Crippen LogP contribution in [-0.2, 0) is 52.3 Å². The molecule has 5 aliphatic carbocycles. The first-order valence-corrected chi connectivity index (χ1v) is 28.5. The summed E-state index contributed by atoms with van der Waals surface area (Å²) in [6.45, 7) is 19.0. The highest BCUT2D eigenvalue weighted by atomic mass is 16.8. The quantitative estimate of drug-likeness (QED) is 0.0455. The molecule has 0 spiro atoms. The van der Waals surface area contributed by atoms with Crippen molar-refractivity contribution in [2.45, 2.75) is 238 Å². The Balaban J connectivity index is 1.13. The Morgan fingerprint density at radius 1 is 0.725 bits per heavy atom. The van der Waals surface area contributed by atoms with Gasteiger partial charge in [-0.25, -0.2) is 9.59 Å². The van der Waals surface area contributed by atoms with Crippen molar-refractivity contribution >= 4 is 17.9 Å². The number of ether oxygens (including phenoxy) is 8. The number of aliphatic carboxylic acids is 1. The second kappa shape index (κ2) is 22.9. The summed E-state index contributed by atoms with van der Waals surface area (Å²) in [6, 6.07) is 0. The van der Waals surface area contributed by atoms with Crippen LogP contribution in [0.1, 0.15) is 121 Å². The van der Waals surface area contributed by atoms with Crippen LogP contribution in [0.4, 0.5) is 0 Å². The highest BCUT2D eigenvalue weighted by Crippen LogP contribution is 2.76. The Morgan fingerprint density at radius 2 is 1.31 bits per heavy atom. The smallest absolute Gasteiger partial charge is 0.335 e. The molecule has 456 valence electrons. The van der Waals surface area contributed by atoms with Gasteiger partial charge in [-0.05, 0) is 92.8 Å². The number of allylic oxidation sites excluding steroid dienone is 2. The first-order valence-electron chi connectivity index (χ1n) is 28.5. The van der Waals surface area contributed by atoms with Crippen LogP contribution in [0.5, 0.6) is 0 Å². The summed E-state index contributed by atoms with van der Waals surface area (Å²) in [4.78, 5) is 39.8. The van der Waals surface area contributed by atoms with Gasteiger partial charge in [-0.3, -0.25) is 4.79 Å². The summed E-state index contributed by atoms with van der Waals surface area (Å²) in [5, 5.41) is 135. The molecule has 27 atom stereocenters. The number of esters is 2. The van der Waals surface area contributed by atoms with E-state index in [1.54, 1.807) is 26.8 Å². The van der Waals surface area contributed by atoms with Gasteiger partial charge in [-0.2, -0.15) is 0 Å². The number of aliphatic hydroxyl groups is 11. The predicted molar refractivity (Wildman–Crippen MR) is 277 cm³/mol. The van der Waals surface area contributed by atoms with E-state index in [2.05, 4.69) is 19.9 Å². The molecule has 0 aromatic heterocycles. The molecule has 8 aliphatic rings. The van der Waals surface area contributed by atoms with E-state index >= 15 is 0 Å². The number of rotatable bonds is 15. The minimum Gasteiger partial charge on any atom is -0.479 e. The largest absolute Gasteiger partial charge is 0.479 e. The summed E-state index contributed by atoms with van der Waals surface area (Å²) in [5.74, 6) is -4.27. The lowest BCUT2D eigenvalue weighted by atomic mass is 9.32. The Bertz CT molecular complexity index is 2330. The summed E-state index contributed by atoms with van der Waals surface area (Å²) in [7, 11) is 0. The minimum atomic E-state index is -2.12. The molecule has 23 nitrogen and oxygen atoms in total. The average molecular weight is 1140 g/mol. The van der Waals surface area contributed by atoms with Crippen molar-refractivity contribution in [3.63, 3.8) is 0 Å². The van der Waals surface area contributed by atoms with Gasteiger partial charge in [0.1, 0.15) is 79.9 Å². The van der Waals surface area contributed by atoms with Crippen molar-refractivity contribution < 1.29 is 114 Å². The molecule has 0 aromatic carbocycles. The van der Waals surface area contributed by atoms with E-state index in [1.807, 2.05) is 41.5 Å². The Kier molecular flexibility index (Phi) is 18.1. The molecule has 80 heavy (non-hydrogen) atoms. The lowest BCUT2D eigenvalue weighted by molar-refractivity contribution is -0.386. The maximum absolute atomic E-state index is 13.5. The van der Waals surface area contributed by atoms with E-state index in [4.69, 9.17) is 37.9 Å². The van der Waals surface area contributed by atoms with Crippen molar-refractivity contribution in [2.75, 3.05) is 19.8 Å². The number of hydrogen-bond acceptors (Lipinski definition) is 22. The van der Waals surface area contributed by atoms with Crippen molar-refractivity contribution in [2.24, 2.45) is 56.2 Å². The number of aliphatic hydroxyl groups excluding tert-OH is 11. The maximum atomic E-state index is 13.5. The highest BCUT2D eigenvalue weighted by molar-refractivity contribution is 5.87. The van der Waals surface area contributed by atoms with Gasteiger partial charge in [-0.1, -0.05) is 80.0 Å². The van der Waals surface area contributed by atoms with Crippen LogP contribution < -0.4 is 0 Å². The van der Waals surface area contributed by atoms with Crippen LogP contribution in [0, 0.1) is 56.2 Å². The van der Waals surface area contributed by atoms with Crippen LogP contribution in [0.3, 0.4) is 0 Å². The lowest BCUT2D eigenvalue weighted by Gasteiger charge is -2.73. The zero-order valence-electron chi connectivity index (χ0n) is 47.9. The molecule has 23 heteroatoms. The molecule has 7 fully saturated rings. The molecule has 0 aromatic rings. The summed E-state index contributed by atoms with van der Waals surface area (Å²) >= 11 is 0. The Morgan fingerprint density at radius 3 is 1.89 bits per heavy atom. The number of carboxylic acid groups (broad SMARTS) is 1. The first-order chi connectivity index (χ1) is 37.3. The van der Waals surface area contributed by atoms with Crippen molar-refractivity contribution in [1.82, 2.24) is 0 Å². The summed E-state index contributed by atoms with van der Waals surface area (Å²) in [6.07, 6.45) is -25.1. The zero-order valence-corrected chi connectivity index (χ0v) is 47.9. The molecule has 3 aliphatic heterocycles. The van der Waals surface area contributed by atoms with Gasteiger partial charge in [0.25, 0.3) is 0 Å². The average Bonchev–Trinajstić information content (AvgIpc) is 1.93. The third kappa shape index (κ3) is 9.93. The van der Waals surface area contributed by atoms with E-state index in [9.17, 15) is 75.7 Å². The fourth-order valence-corrected chi connectivity index (χ4v) is 16.3. The normalized spacial score (nSPS) is 49.2. The van der Waals surface area contributed by atoms with E-state index in [-0.39, 0.29) is 11.8 Å². The van der Waals surface area contributed by atoms with Gasteiger partial charge in [0.05, 0.1) is 42.9 Å². The van der Waals surface area contributed by atoms with Gasteiger partial charge >= 0.3 is 17.9 Å². The van der Waals surface area contributed by atoms with Crippen molar-refractivity contribution in [3.8, 4) is 0 Å². The van der Waals surface area contributed by atoms with Gasteiger partial charge in [0, 0.05) is 16.4 Å². The summed E-state index contributed by atoms with van der Waals surface area (Å²) < 4.78 is 48.6. The fraction of sp³-hybridized carbons (Fsp3) is 0.877. The second-order valence-corrected chi connectivity index (χ2v) is 26.4. The lowest BCUT2D eigenvalue weighted by Crippen LogP contribution is -2.76. The van der Waals surface area contributed by atoms with Gasteiger partial charge in [-0.15, -0.1) is 0 Å². The second-order valence-electron chi connectivity index (χ2n) is 26.4. The van der Waals surface area contributed by atoms with Gasteiger partial charge in [0.15, 0.2) is 25.0 Å². The third-order valence-corrected chi connectivity index (χ3v) is 21.6. The molecule has 0 bridgehead atoms. The molecule has 0 radical (unpaired) electrons. The number of carbonyl (C=O) groups excluding carboxylic acids is 2. The standard InChI is InChI=1S/C57H90O23/c1-12-24(3)47(71)73-23-57-27(20-52(5,6)45(44(57)68)80-48(72)25(4)13-2)26-14-15-31-54(9)18-17-32(53(7,8)30(54)16-19-55(31,10)56(26,11)42(66)43(57)67)76-51-41(79-50-37(64)35(62)33(60)28(21-58)74-50)39(38(65)40(78-51)46(69)70)77-49-36(63)34(61)29(22-59)75-49/h13-14,24,27-45,49-51,58-68H,12,15-23H2,1-11H3,(H,69,70)/b25-13-/t24?,27?,28-,29+,30?,31?,32+,33+,34+,35+,36-,37-,38+,39+,40+,41-,42+,43-,44+,45+,49+,50+,51-,54+,55-,56+,57+/m1/s1. The van der Waals surface area contributed by atoms with Crippen LogP contribution >= 0.6 is 0 Å². The number of carboxylic acids is 1. The van der Waals surface area contributed by atoms with Crippen LogP contribution in [0.2, 0.25) is 0 Å². The minimum absolute atomic E-state index is 0.146. The summed E-state index contributed by atoms with van der Waals surface area (Å²) in [5.41, 5.74) is -4.55. The molecular weight excluding hydrogens is 1050 g/mol. The predicted octanol–water partition coefficient (Wildman–Crippen LogP) is 0.343. The Hall–Kier alpha value is -2.79. The van der Waals surface area contributed by atoms with Crippen LogP contribution in [0.25, 0.3) is 0 Å². The van der Waals surface area contributed by atoms with E-state index in [0.29, 0.717) is 50.5 Å². The molecule has 3 heterocycles. The molecule has 4 saturated carbocycles. The first kappa shape index (κ1) is 63.2. The maximum Gasteiger partial charge on any atom is 0.335 e. The van der Waals surface area contributed by atoms with E-state index < -0.39 is 199 Å². The number of hydrogen-bond donors (Lipinski definition) is 12. The van der Waals surface area contributed by atoms with E-state index in [1.165, 1.54) is 0 Å². The zero-order chi connectivity index (χ0) is 59.3. The van der Waals surface area contributed by atoms with Gasteiger partial charge in [0.2, 0.25) is 0 Å². The highest BCUT2D eigenvalue weighted by Gasteiger charge is 2.76. The Labute approximate surface area is 467 Å². The molecule has 8 rings (SSSR count). The number of carbonyl (C=O) groups is 3. The molecule has 12 N–H and O–H groups in total. The van der Waals surface area contributed by atoms with E-state index in [0.717, 1.165) is 5.57 Å². The molecule has 4 unspecified atom stereocenters. The molecular formula is C57H90O23. The number of fused-ring (bicyclic) bond motifs is 7. The fourth-order valence-electron chi connectivity index (χ4n) is 16.3. The topological polar surface area (TPSA) is 368 Å².